The lowest BCUT2D eigenvalue weighted by Crippen LogP contribution is -2.02. The van der Waals surface area contributed by atoms with Crippen molar-refractivity contribution in [2.45, 2.75) is 6.61 Å². The van der Waals surface area contributed by atoms with Crippen LogP contribution in [0.3, 0.4) is 0 Å². The molecule has 110 valence electrons. The van der Waals surface area contributed by atoms with Crippen LogP contribution in [0.4, 0.5) is 4.39 Å². The summed E-state index contributed by atoms with van der Waals surface area (Å²) in [5.74, 6) is -0.687. The van der Waals surface area contributed by atoms with Crippen molar-refractivity contribution in [1.82, 2.24) is 4.98 Å². The lowest BCUT2D eigenvalue weighted by atomic mass is 10.2. The number of ether oxygens (including phenoxy) is 1. The minimum absolute atomic E-state index is 0.122. The summed E-state index contributed by atoms with van der Waals surface area (Å²) in [6.07, 6.45) is 2.62. The topological polar surface area (TPSA) is 52.3 Å². The molecule has 0 bridgehead atoms. The largest absolute Gasteiger partial charge is 0.458 e. The third kappa shape index (κ3) is 3.20. The van der Waals surface area contributed by atoms with E-state index in [9.17, 15) is 9.18 Å². The molecule has 0 N–H and O–H groups in total. The molecule has 3 rings (SSSR count). The van der Waals surface area contributed by atoms with Gasteiger partial charge in [-0.15, -0.1) is 0 Å². The lowest BCUT2D eigenvalue weighted by molar-refractivity contribution is -0.139. The number of fused-ring (bicyclic) bond motifs is 1. The Hall–Kier alpha value is -2.95. The highest BCUT2D eigenvalue weighted by Gasteiger charge is 2.05. The van der Waals surface area contributed by atoms with Gasteiger partial charge in [-0.25, -0.2) is 14.2 Å². The number of halogens is 1. The SMILES string of the molecule is O=C(/C=C/c1nc2ccccc2o1)OCc1ccccc1F. The fraction of sp³-hybridized carbons (Fsp3) is 0.0588. The minimum Gasteiger partial charge on any atom is -0.458 e. The summed E-state index contributed by atoms with van der Waals surface area (Å²) in [6.45, 7) is -0.122. The molecule has 0 saturated carbocycles. The molecule has 0 spiro atoms. The summed E-state index contributed by atoms with van der Waals surface area (Å²) >= 11 is 0. The van der Waals surface area contributed by atoms with Gasteiger partial charge in [-0.3, -0.25) is 0 Å². The number of benzene rings is 2. The van der Waals surface area contributed by atoms with Crippen LogP contribution in [0.5, 0.6) is 0 Å². The summed E-state index contributed by atoms with van der Waals surface area (Å²) in [7, 11) is 0. The van der Waals surface area contributed by atoms with Gasteiger partial charge in [0, 0.05) is 17.7 Å². The molecule has 0 aliphatic carbocycles. The summed E-state index contributed by atoms with van der Waals surface area (Å²) < 4.78 is 23.8. The van der Waals surface area contributed by atoms with E-state index in [0.29, 0.717) is 22.6 Å². The maximum absolute atomic E-state index is 13.4. The highest BCUT2D eigenvalue weighted by atomic mass is 19.1. The first-order valence-electron chi connectivity index (χ1n) is 6.66. The molecule has 22 heavy (non-hydrogen) atoms. The van der Waals surface area contributed by atoms with Crippen molar-refractivity contribution in [2.75, 3.05) is 0 Å². The maximum atomic E-state index is 13.4. The lowest BCUT2D eigenvalue weighted by Gasteiger charge is -2.02. The molecular weight excluding hydrogens is 285 g/mol. The highest BCUT2D eigenvalue weighted by Crippen LogP contribution is 2.15. The summed E-state index contributed by atoms with van der Waals surface area (Å²) in [5, 5.41) is 0. The molecule has 0 atom stereocenters. The molecule has 0 unspecified atom stereocenters. The smallest absolute Gasteiger partial charge is 0.331 e. The number of carbonyl (C=O) groups is 1. The van der Waals surface area contributed by atoms with Crippen LogP contribution >= 0.6 is 0 Å². The first-order chi connectivity index (χ1) is 10.7. The molecule has 4 nitrogen and oxygen atoms in total. The van der Waals surface area contributed by atoms with Gasteiger partial charge in [-0.05, 0) is 18.2 Å². The van der Waals surface area contributed by atoms with Crippen LogP contribution in [-0.4, -0.2) is 11.0 Å². The number of para-hydroxylation sites is 2. The van der Waals surface area contributed by atoms with E-state index in [2.05, 4.69) is 4.98 Å². The normalized spacial score (nSPS) is 11.1. The molecule has 0 saturated heterocycles. The monoisotopic (exact) mass is 297 g/mol. The third-order valence-electron chi connectivity index (χ3n) is 3.00. The van der Waals surface area contributed by atoms with Crippen molar-refractivity contribution in [3.05, 3.63) is 71.9 Å². The predicted molar refractivity (Wildman–Crippen MR) is 79.2 cm³/mol. The standard InChI is InChI=1S/C17H12FNO3/c18-13-6-2-1-5-12(13)11-21-17(20)10-9-16-19-14-7-3-4-8-15(14)22-16/h1-10H,11H2/b10-9+. The fourth-order valence-corrected chi connectivity index (χ4v) is 1.91. The van der Waals surface area contributed by atoms with E-state index >= 15 is 0 Å². The van der Waals surface area contributed by atoms with Gasteiger partial charge in [-0.2, -0.15) is 0 Å². The number of esters is 1. The Morgan fingerprint density at radius 3 is 2.77 bits per heavy atom. The number of hydrogen-bond acceptors (Lipinski definition) is 4. The third-order valence-corrected chi connectivity index (χ3v) is 3.00. The number of hydrogen-bond donors (Lipinski definition) is 0. The molecule has 0 aliphatic rings. The van der Waals surface area contributed by atoms with E-state index in [0.717, 1.165) is 0 Å². The first kappa shape index (κ1) is 14.0. The van der Waals surface area contributed by atoms with Crippen molar-refractivity contribution in [3.63, 3.8) is 0 Å². The number of oxazole rings is 1. The Morgan fingerprint density at radius 1 is 1.18 bits per heavy atom. The Morgan fingerprint density at radius 2 is 1.95 bits per heavy atom. The van der Waals surface area contributed by atoms with Gasteiger partial charge in [0.15, 0.2) is 5.58 Å². The van der Waals surface area contributed by atoms with Gasteiger partial charge in [0.25, 0.3) is 0 Å². The quantitative estimate of drug-likeness (QED) is 0.544. The number of nitrogens with zero attached hydrogens (tertiary/aromatic N) is 1. The molecule has 1 aromatic heterocycles. The van der Waals surface area contributed by atoms with Crippen molar-refractivity contribution in [3.8, 4) is 0 Å². The molecule has 2 aromatic carbocycles. The zero-order chi connectivity index (χ0) is 15.4. The zero-order valence-corrected chi connectivity index (χ0v) is 11.5. The molecule has 0 aliphatic heterocycles. The molecule has 0 fully saturated rings. The second-order valence-corrected chi connectivity index (χ2v) is 4.55. The Kier molecular flexibility index (Phi) is 3.96. The van der Waals surface area contributed by atoms with Crippen LogP contribution in [0.25, 0.3) is 17.2 Å². The second kappa shape index (κ2) is 6.22. The first-order valence-corrected chi connectivity index (χ1v) is 6.66. The molecule has 0 amide bonds. The Bertz CT molecular complexity index is 806. The van der Waals surface area contributed by atoms with Crippen molar-refractivity contribution in [1.29, 1.82) is 0 Å². The van der Waals surface area contributed by atoms with Gasteiger partial charge in [0.05, 0.1) is 0 Å². The molecule has 0 radical (unpaired) electrons. The number of aromatic nitrogens is 1. The van der Waals surface area contributed by atoms with Crippen LogP contribution in [0, 0.1) is 5.82 Å². The van der Waals surface area contributed by atoms with Crippen molar-refractivity contribution < 1.29 is 18.3 Å². The van der Waals surface area contributed by atoms with E-state index in [4.69, 9.17) is 9.15 Å². The van der Waals surface area contributed by atoms with Gasteiger partial charge < -0.3 is 9.15 Å². The van der Waals surface area contributed by atoms with E-state index in [1.54, 1.807) is 24.3 Å². The summed E-state index contributed by atoms with van der Waals surface area (Å²) in [5.41, 5.74) is 1.68. The minimum atomic E-state index is -0.592. The van der Waals surface area contributed by atoms with Crippen LogP contribution in [-0.2, 0) is 16.1 Å². The predicted octanol–water partition coefficient (Wildman–Crippen LogP) is 3.72. The number of carbonyl (C=O) groups excluding carboxylic acids is 1. The summed E-state index contributed by atoms with van der Waals surface area (Å²) in [6, 6.07) is 13.4. The van der Waals surface area contributed by atoms with Crippen LogP contribution in [0.15, 0.2) is 59.0 Å². The van der Waals surface area contributed by atoms with Gasteiger partial charge in [-0.1, -0.05) is 30.3 Å². The Labute approximate surface area is 125 Å². The molecule has 3 aromatic rings. The van der Waals surface area contributed by atoms with E-state index in [1.807, 2.05) is 18.2 Å². The molecule has 1 heterocycles. The van der Waals surface area contributed by atoms with Crippen molar-refractivity contribution in [2.24, 2.45) is 0 Å². The average Bonchev–Trinajstić information content (AvgIpc) is 2.95. The van der Waals surface area contributed by atoms with Crippen LogP contribution in [0.1, 0.15) is 11.5 Å². The fourth-order valence-electron chi connectivity index (χ4n) is 1.91. The van der Waals surface area contributed by atoms with Crippen LogP contribution in [0.2, 0.25) is 0 Å². The van der Waals surface area contributed by atoms with Gasteiger partial charge >= 0.3 is 5.97 Å². The van der Waals surface area contributed by atoms with Gasteiger partial charge in [0.1, 0.15) is 17.9 Å². The molecule has 5 heteroatoms. The van der Waals surface area contributed by atoms with E-state index in [-0.39, 0.29) is 6.61 Å². The highest BCUT2D eigenvalue weighted by molar-refractivity contribution is 5.86. The summed E-state index contributed by atoms with van der Waals surface area (Å²) in [4.78, 5) is 15.8. The molecular formula is C17H12FNO3. The van der Waals surface area contributed by atoms with Crippen LogP contribution < -0.4 is 0 Å². The second-order valence-electron chi connectivity index (χ2n) is 4.55. The van der Waals surface area contributed by atoms with E-state index < -0.39 is 11.8 Å². The van der Waals surface area contributed by atoms with E-state index in [1.165, 1.54) is 18.2 Å². The zero-order valence-electron chi connectivity index (χ0n) is 11.5. The Balaban J connectivity index is 1.62. The maximum Gasteiger partial charge on any atom is 0.331 e. The number of rotatable bonds is 4. The van der Waals surface area contributed by atoms with Gasteiger partial charge in [0.2, 0.25) is 5.89 Å². The average molecular weight is 297 g/mol. The van der Waals surface area contributed by atoms with Crippen molar-refractivity contribution >= 4 is 23.1 Å².